The Balaban J connectivity index is 2.99. The van der Waals surface area contributed by atoms with Crippen LogP contribution in [0.4, 0.5) is 0 Å². The van der Waals surface area contributed by atoms with Gasteiger partial charge in [0.25, 0.3) is 0 Å². The molecule has 114 valence electrons. The quantitative estimate of drug-likeness (QED) is 0.489. The largest absolute Gasteiger partial charge is 0.481 e. The molecule has 0 spiro atoms. The molecular formula is C15H30O3S. The summed E-state index contributed by atoms with van der Waals surface area (Å²) >= 11 is 0. The van der Waals surface area contributed by atoms with Crippen LogP contribution in [0.25, 0.3) is 0 Å². The van der Waals surface area contributed by atoms with Gasteiger partial charge in [-0.2, -0.15) is 0 Å². The summed E-state index contributed by atoms with van der Waals surface area (Å²) in [5.41, 5.74) is 0. The molecule has 0 fully saturated rings. The Bertz CT molecular complexity index is 218. The van der Waals surface area contributed by atoms with Crippen molar-refractivity contribution in [3.8, 4) is 0 Å². The van der Waals surface area contributed by atoms with Crippen molar-refractivity contribution in [2.75, 3.05) is 12.0 Å². The molecule has 0 amide bonds. The van der Waals surface area contributed by atoms with E-state index in [1.165, 1.54) is 51.4 Å². The fraction of sp³-hybridized carbons (Fsp3) is 0.933. The van der Waals surface area contributed by atoms with E-state index in [-0.39, 0.29) is 0 Å². The maximum absolute atomic E-state index is 10.8. The first kappa shape index (κ1) is 18.6. The van der Waals surface area contributed by atoms with Gasteiger partial charge in [0.15, 0.2) is 0 Å². The monoisotopic (exact) mass is 290 g/mol. The second-order valence-electron chi connectivity index (χ2n) is 5.31. The van der Waals surface area contributed by atoms with Gasteiger partial charge in [-0.1, -0.05) is 57.8 Å². The van der Waals surface area contributed by atoms with Gasteiger partial charge in [-0.15, -0.1) is 0 Å². The fourth-order valence-corrected chi connectivity index (χ4v) is 2.78. The summed E-state index contributed by atoms with van der Waals surface area (Å²) in [6.07, 6.45) is 15.2. The first-order chi connectivity index (χ1) is 9.13. The summed E-state index contributed by atoms with van der Waals surface area (Å²) in [7, 11) is -0.620. The molecule has 0 aliphatic heterocycles. The number of carboxylic acid groups (broad SMARTS) is 1. The minimum Gasteiger partial charge on any atom is -0.481 e. The highest BCUT2D eigenvalue weighted by Crippen LogP contribution is 2.12. The predicted octanol–water partition coefficient (Wildman–Crippen LogP) is 4.13. The molecule has 0 radical (unpaired) electrons. The van der Waals surface area contributed by atoms with Crippen LogP contribution in [0.1, 0.15) is 77.0 Å². The number of carbonyl (C=O) groups is 1. The van der Waals surface area contributed by atoms with E-state index in [1.807, 2.05) is 0 Å². The maximum Gasteiger partial charge on any atom is 0.303 e. The van der Waals surface area contributed by atoms with Crippen molar-refractivity contribution in [1.82, 2.24) is 0 Å². The highest BCUT2D eigenvalue weighted by molar-refractivity contribution is 7.84. The van der Waals surface area contributed by atoms with E-state index in [0.717, 1.165) is 25.0 Å². The summed E-state index contributed by atoms with van der Waals surface area (Å²) in [5.74, 6) is 0.183. The number of hydrogen-bond acceptors (Lipinski definition) is 2. The van der Waals surface area contributed by atoms with E-state index in [4.69, 9.17) is 5.11 Å². The van der Waals surface area contributed by atoms with Gasteiger partial charge in [0, 0.05) is 29.2 Å². The van der Waals surface area contributed by atoms with Gasteiger partial charge in [-0.05, 0) is 12.8 Å². The molecule has 1 atom stereocenters. The topological polar surface area (TPSA) is 54.4 Å². The van der Waals surface area contributed by atoms with Crippen LogP contribution in [0.15, 0.2) is 0 Å². The van der Waals surface area contributed by atoms with Crippen molar-refractivity contribution in [1.29, 1.82) is 0 Å². The predicted molar refractivity (Wildman–Crippen MR) is 82.0 cm³/mol. The zero-order valence-corrected chi connectivity index (χ0v) is 13.2. The summed E-state index contributed by atoms with van der Waals surface area (Å²) in [6.45, 7) is 0. The molecule has 0 saturated heterocycles. The third-order valence-corrected chi connectivity index (χ3v) is 4.19. The molecule has 0 bridgehead atoms. The zero-order valence-electron chi connectivity index (χ0n) is 12.4. The van der Waals surface area contributed by atoms with Crippen molar-refractivity contribution in [2.24, 2.45) is 0 Å². The second-order valence-corrected chi connectivity index (χ2v) is 6.86. The van der Waals surface area contributed by atoms with Crippen LogP contribution in [-0.4, -0.2) is 27.3 Å². The average Bonchev–Trinajstić information content (AvgIpc) is 2.34. The molecule has 4 heteroatoms. The number of carboxylic acids is 1. The number of unbranched alkanes of at least 4 members (excludes halogenated alkanes) is 10. The molecule has 0 aliphatic rings. The van der Waals surface area contributed by atoms with Crippen molar-refractivity contribution in [3.05, 3.63) is 0 Å². The Morgan fingerprint density at radius 3 is 1.53 bits per heavy atom. The van der Waals surface area contributed by atoms with Crippen LogP contribution in [0.2, 0.25) is 0 Å². The first-order valence-corrected chi connectivity index (χ1v) is 9.37. The molecule has 3 nitrogen and oxygen atoms in total. The molecule has 0 aromatic heterocycles. The van der Waals surface area contributed by atoms with E-state index in [0.29, 0.717) is 6.42 Å². The van der Waals surface area contributed by atoms with Crippen molar-refractivity contribution >= 4 is 16.8 Å². The summed E-state index contributed by atoms with van der Waals surface area (Å²) in [6, 6.07) is 0. The molecule has 0 aromatic rings. The Morgan fingerprint density at radius 2 is 1.16 bits per heavy atom. The van der Waals surface area contributed by atoms with Gasteiger partial charge in [0.1, 0.15) is 0 Å². The van der Waals surface area contributed by atoms with Gasteiger partial charge < -0.3 is 5.11 Å². The lowest BCUT2D eigenvalue weighted by Gasteiger charge is -2.02. The van der Waals surface area contributed by atoms with Crippen LogP contribution in [0.3, 0.4) is 0 Å². The summed E-state index contributed by atoms with van der Waals surface area (Å²) < 4.78 is 10.8. The van der Waals surface area contributed by atoms with E-state index < -0.39 is 16.8 Å². The molecule has 1 N–H and O–H groups in total. The Kier molecular flexibility index (Phi) is 13.8. The molecule has 0 aliphatic carbocycles. The third kappa shape index (κ3) is 17.6. The van der Waals surface area contributed by atoms with E-state index >= 15 is 0 Å². The van der Waals surface area contributed by atoms with Crippen LogP contribution in [-0.2, 0) is 15.6 Å². The van der Waals surface area contributed by atoms with Crippen LogP contribution in [0.5, 0.6) is 0 Å². The Morgan fingerprint density at radius 1 is 0.789 bits per heavy atom. The molecular weight excluding hydrogens is 260 g/mol. The lowest BCUT2D eigenvalue weighted by molar-refractivity contribution is -0.137. The molecule has 0 rings (SSSR count). The van der Waals surface area contributed by atoms with Gasteiger partial charge >= 0.3 is 5.97 Å². The number of aliphatic carboxylic acids is 1. The van der Waals surface area contributed by atoms with E-state index in [1.54, 1.807) is 6.26 Å². The third-order valence-electron chi connectivity index (χ3n) is 3.32. The first-order valence-electron chi connectivity index (χ1n) is 7.64. The highest BCUT2D eigenvalue weighted by atomic mass is 32.2. The van der Waals surface area contributed by atoms with Crippen molar-refractivity contribution in [3.63, 3.8) is 0 Å². The SMILES string of the molecule is CS(=O)CCCCCCCCCCCCCC(=O)O. The van der Waals surface area contributed by atoms with E-state index in [2.05, 4.69) is 0 Å². The smallest absolute Gasteiger partial charge is 0.303 e. The van der Waals surface area contributed by atoms with Gasteiger partial charge in [-0.25, -0.2) is 0 Å². The summed E-state index contributed by atoms with van der Waals surface area (Å²) in [4.78, 5) is 10.3. The lowest BCUT2D eigenvalue weighted by atomic mass is 10.1. The van der Waals surface area contributed by atoms with Crippen molar-refractivity contribution < 1.29 is 14.1 Å². The van der Waals surface area contributed by atoms with Crippen LogP contribution in [0, 0.1) is 0 Å². The minimum absolute atomic E-state index is 0.322. The Labute approximate surface area is 120 Å². The fourth-order valence-electron chi connectivity index (χ4n) is 2.17. The van der Waals surface area contributed by atoms with Crippen molar-refractivity contribution in [2.45, 2.75) is 77.0 Å². The lowest BCUT2D eigenvalue weighted by Crippen LogP contribution is -1.93. The summed E-state index contributed by atoms with van der Waals surface area (Å²) in [5, 5.41) is 8.49. The van der Waals surface area contributed by atoms with Gasteiger partial charge in [0.2, 0.25) is 0 Å². The molecule has 0 saturated carbocycles. The van der Waals surface area contributed by atoms with Gasteiger partial charge in [-0.3, -0.25) is 9.00 Å². The Hall–Kier alpha value is -0.380. The number of hydrogen-bond donors (Lipinski definition) is 1. The molecule has 19 heavy (non-hydrogen) atoms. The molecule has 0 heterocycles. The standard InChI is InChI=1S/C15H30O3S/c1-19(18)14-12-10-8-6-4-2-3-5-7-9-11-13-15(16)17/h2-14H2,1H3,(H,16,17). The molecule has 0 aromatic carbocycles. The second kappa shape index (κ2) is 14.0. The van der Waals surface area contributed by atoms with Gasteiger partial charge in [0.05, 0.1) is 0 Å². The maximum atomic E-state index is 10.8. The molecule has 1 unspecified atom stereocenters. The average molecular weight is 290 g/mol. The van der Waals surface area contributed by atoms with Crippen LogP contribution < -0.4 is 0 Å². The minimum atomic E-state index is -0.674. The van der Waals surface area contributed by atoms with E-state index in [9.17, 15) is 9.00 Å². The normalized spacial score (nSPS) is 12.5. The number of rotatable bonds is 14. The van der Waals surface area contributed by atoms with Crippen LogP contribution >= 0.6 is 0 Å². The highest BCUT2D eigenvalue weighted by Gasteiger charge is 1.97. The zero-order chi connectivity index (χ0) is 14.3.